The van der Waals surface area contributed by atoms with Gasteiger partial charge < -0.3 is 15.2 Å². The number of aromatic nitrogens is 1. The summed E-state index contributed by atoms with van der Waals surface area (Å²) >= 11 is 5.55. The number of rotatable bonds is 5. The number of hydrogen-bond donors (Lipinski definition) is 2. The van der Waals surface area contributed by atoms with Gasteiger partial charge in [0.25, 0.3) is 0 Å². The lowest BCUT2D eigenvalue weighted by molar-refractivity contribution is 0.211. The van der Waals surface area contributed by atoms with Crippen molar-refractivity contribution in [3.63, 3.8) is 0 Å². The largest absolute Gasteiger partial charge is 0.495 e. The Balaban J connectivity index is 2.28. The van der Waals surface area contributed by atoms with Crippen LogP contribution >= 0.6 is 11.6 Å². The predicted octanol–water partition coefficient (Wildman–Crippen LogP) is 2.25. The fourth-order valence-corrected chi connectivity index (χ4v) is 1.79. The van der Waals surface area contributed by atoms with Crippen molar-refractivity contribution in [1.29, 1.82) is 0 Å². The van der Waals surface area contributed by atoms with Gasteiger partial charge in [0.2, 0.25) is 0 Å². The normalized spacial score (nSPS) is 12.4. The molecule has 1 atom stereocenters. The number of nitrogens with one attached hydrogen (secondary N) is 1. The summed E-state index contributed by atoms with van der Waals surface area (Å²) in [5.41, 5.74) is 1.72. The number of methoxy groups -OCH3 is 1. The lowest BCUT2D eigenvalue weighted by Gasteiger charge is -2.12. The number of nitrogens with zero attached hydrogens (tertiary/aromatic N) is 1. The van der Waals surface area contributed by atoms with Crippen LogP contribution in [0.3, 0.4) is 0 Å². The second kappa shape index (κ2) is 5.89. The number of aliphatic hydroxyl groups excluding tert-OH is 1. The molecular weight excluding hydrogens is 252 g/mol. The third kappa shape index (κ3) is 2.83. The predicted molar refractivity (Wildman–Crippen MR) is 73.5 cm³/mol. The molecule has 2 rings (SSSR count). The van der Waals surface area contributed by atoms with E-state index in [0.29, 0.717) is 6.54 Å². The number of pyridine rings is 1. The first-order valence-electron chi connectivity index (χ1n) is 5.65. The van der Waals surface area contributed by atoms with Crippen LogP contribution in [-0.2, 0) is 0 Å². The lowest BCUT2D eigenvalue weighted by Crippen LogP contribution is -2.20. The Hall–Kier alpha value is -1.52. The van der Waals surface area contributed by atoms with E-state index in [1.165, 1.54) is 0 Å². The molecule has 1 aromatic carbocycles. The lowest BCUT2D eigenvalue weighted by atomic mass is 10.2. The Bertz CT molecular complexity index is 533. The van der Waals surface area contributed by atoms with Crippen LogP contribution in [-0.4, -0.2) is 35.7 Å². The molecule has 0 spiro atoms. The molecule has 18 heavy (non-hydrogen) atoms. The maximum atomic E-state index is 9.44. The minimum atomic E-state index is -0.569. The van der Waals surface area contributed by atoms with Crippen LogP contribution in [0.4, 0.5) is 5.69 Å². The Kier molecular flexibility index (Phi) is 4.23. The van der Waals surface area contributed by atoms with Crippen molar-refractivity contribution in [3.05, 3.63) is 30.5 Å². The van der Waals surface area contributed by atoms with E-state index in [0.717, 1.165) is 22.3 Å². The molecule has 5 heteroatoms. The molecule has 1 aromatic heterocycles. The van der Waals surface area contributed by atoms with Gasteiger partial charge in [0, 0.05) is 11.9 Å². The first-order chi connectivity index (χ1) is 8.74. The Morgan fingerprint density at radius 3 is 3.06 bits per heavy atom. The highest BCUT2D eigenvalue weighted by Crippen LogP contribution is 2.24. The van der Waals surface area contributed by atoms with Crippen LogP contribution in [0, 0.1) is 0 Å². The molecule has 0 aliphatic heterocycles. The number of anilines is 1. The molecular formula is C13H15ClN2O2. The minimum absolute atomic E-state index is 0.207. The SMILES string of the molecule is COc1cnc2c(NCC(O)CCl)cccc2c1. The monoisotopic (exact) mass is 266 g/mol. The summed E-state index contributed by atoms with van der Waals surface area (Å²) in [5, 5.41) is 13.6. The molecule has 0 fully saturated rings. The van der Waals surface area contributed by atoms with Crippen molar-refractivity contribution in [2.45, 2.75) is 6.10 Å². The van der Waals surface area contributed by atoms with E-state index >= 15 is 0 Å². The standard InChI is InChI=1S/C13H15ClN2O2/c1-18-11-5-9-3-2-4-12(13(9)16-8-11)15-7-10(17)6-14/h2-5,8,10,15,17H,6-7H2,1H3. The van der Waals surface area contributed by atoms with Gasteiger partial charge in [-0.25, -0.2) is 0 Å². The van der Waals surface area contributed by atoms with Gasteiger partial charge in [-0.2, -0.15) is 0 Å². The molecule has 0 aliphatic rings. The van der Waals surface area contributed by atoms with E-state index in [1.807, 2.05) is 24.3 Å². The second-order valence-electron chi connectivity index (χ2n) is 3.94. The highest BCUT2D eigenvalue weighted by molar-refractivity contribution is 6.18. The van der Waals surface area contributed by atoms with Gasteiger partial charge >= 0.3 is 0 Å². The fourth-order valence-electron chi connectivity index (χ4n) is 1.68. The van der Waals surface area contributed by atoms with Crippen molar-refractivity contribution in [2.24, 2.45) is 0 Å². The number of para-hydroxylation sites is 1. The molecule has 0 amide bonds. The Labute approximate surface area is 111 Å². The van der Waals surface area contributed by atoms with Crippen LogP contribution < -0.4 is 10.1 Å². The van der Waals surface area contributed by atoms with Gasteiger partial charge in [-0.05, 0) is 12.1 Å². The summed E-state index contributed by atoms with van der Waals surface area (Å²) in [6, 6.07) is 7.74. The summed E-state index contributed by atoms with van der Waals surface area (Å²) in [6.07, 6.45) is 1.10. The number of halogens is 1. The molecule has 4 nitrogen and oxygen atoms in total. The first-order valence-corrected chi connectivity index (χ1v) is 6.18. The third-order valence-electron chi connectivity index (χ3n) is 2.63. The molecule has 1 unspecified atom stereocenters. The molecule has 0 radical (unpaired) electrons. The van der Waals surface area contributed by atoms with E-state index in [2.05, 4.69) is 10.3 Å². The Morgan fingerprint density at radius 2 is 2.33 bits per heavy atom. The Morgan fingerprint density at radius 1 is 1.50 bits per heavy atom. The first kappa shape index (κ1) is 12.9. The number of fused-ring (bicyclic) bond motifs is 1. The summed E-state index contributed by atoms with van der Waals surface area (Å²) in [4.78, 5) is 4.35. The van der Waals surface area contributed by atoms with Crippen LogP contribution in [0.5, 0.6) is 5.75 Å². The molecule has 2 aromatic rings. The summed E-state index contributed by atoms with van der Waals surface area (Å²) in [5.74, 6) is 0.930. The topological polar surface area (TPSA) is 54.4 Å². The third-order valence-corrected chi connectivity index (χ3v) is 2.98. The van der Waals surface area contributed by atoms with Crippen molar-refractivity contribution >= 4 is 28.2 Å². The number of benzene rings is 1. The molecule has 2 N–H and O–H groups in total. The number of ether oxygens (including phenoxy) is 1. The molecule has 0 saturated carbocycles. The van der Waals surface area contributed by atoms with Crippen LogP contribution in [0.15, 0.2) is 30.5 Å². The van der Waals surface area contributed by atoms with Gasteiger partial charge in [-0.1, -0.05) is 12.1 Å². The molecule has 0 aliphatic carbocycles. The molecule has 0 bridgehead atoms. The summed E-state index contributed by atoms with van der Waals surface area (Å²) < 4.78 is 5.14. The molecule has 1 heterocycles. The van der Waals surface area contributed by atoms with E-state index in [9.17, 15) is 5.11 Å². The van der Waals surface area contributed by atoms with Gasteiger partial charge in [0.1, 0.15) is 5.75 Å². The molecule has 0 saturated heterocycles. The van der Waals surface area contributed by atoms with Crippen molar-refractivity contribution in [1.82, 2.24) is 4.98 Å². The quantitative estimate of drug-likeness (QED) is 0.815. The van der Waals surface area contributed by atoms with Gasteiger partial charge in [0.15, 0.2) is 0 Å². The van der Waals surface area contributed by atoms with E-state index in [-0.39, 0.29) is 5.88 Å². The highest BCUT2D eigenvalue weighted by atomic mass is 35.5. The maximum absolute atomic E-state index is 9.44. The number of alkyl halides is 1. The smallest absolute Gasteiger partial charge is 0.137 e. The molecule has 96 valence electrons. The van der Waals surface area contributed by atoms with Crippen LogP contribution in [0.25, 0.3) is 10.9 Å². The zero-order valence-corrected chi connectivity index (χ0v) is 10.8. The minimum Gasteiger partial charge on any atom is -0.495 e. The van der Waals surface area contributed by atoms with E-state index < -0.39 is 6.10 Å². The van der Waals surface area contributed by atoms with Crippen molar-refractivity contribution < 1.29 is 9.84 Å². The average molecular weight is 267 g/mol. The zero-order valence-electron chi connectivity index (χ0n) is 10.1. The summed E-state index contributed by atoms with van der Waals surface area (Å²) in [6.45, 7) is 0.399. The maximum Gasteiger partial charge on any atom is 0.137 e. The van der Waals surface area contributed by atoms with E-state index in [1.54, 1.807) is 13.3 Å². The average Bonchev–Trinajstić information content (AvgIpc) is 2.43. The van der Waals surface area contributed by atoms with Gasteiger partial charge in [-0.3, -0.25) is 4.98 Å². The highest BCUT2D eigenvalue weighted by Gasteiger charge is 2.06. The van der Waals surface area contributed by atoms with Crippen molar-refractivity contribution in [2.75, 3.05) is 24.9 Å². The van der Waals surface area contributed by atoms with Gasteiger partial charge in [-0.15, -0.1) is 11.6 Å². The second-order valence-corrected chi connectivity index (χ2v) is 4.25. The number of aliphatic hydroxyl groups is 1. The van der Waals surface area contributed by atoms with E-state index in [4.69, 9.17) is 16.3 Å². The van der Waals surface area contributed by atoms with Gasteiger partial charge in [0.05, 0.1) is 36.5 Å². The fraction of sp³-hybridized carbons (Fsp3) is 0.308. The van der Waals surface area contributed by atoms with Crippen LogP contribution in [0.2, 0.25) is 0 Å². The van der Waals surface area contributed by atoms with Crippen molar-refractivity contribution in [3.8, 4) is 5.75 Å². The zero-order chi connectivity index (χ0) is 13.0. The summed E-state index contributed by atoms with van der Waals surface area (Å²) in [7, 11) is 1.61. The van der Waals surface area contributed by atoms with Crippen LogP contribution in [0.1, 0.15) is 0 Å². The number of hydrogen-bond acceptors (Lipinski definition) is 4.